The molecular weight excluding hydrogens is 318 g/mol. The molecule has 1 aromatic rings. The summed E-state index contributed by atoms with van der Waals surface area (Å²) in [6.07, 6.45) is 5.04. The van der Waals surface area contributed by atoms with Crippen LogP contribution in [0.4, 0.5) is 5.69 Å². The van der Waals surface area contributed by atoms with E-state index in [4.69, 9.17) is 0 Å². The standard InChI is InChI=1S/C19H25N3O3/c1-12-6-2-4-8-14(12)20-17(23)11-10-16-19(25)21-15-9-5-3-7-13(15)18(24)22-16/h3,5,7,9,12,14,16H,2,4,6,8,10-11H2,1H3,(H,20,23)(H,21,25)(H,22,24). The van der Waals surface area contributed by atoms with Gasteiger partial charge in [0.15, 0.2) is 0 Å². The highest BCUT2D eigenvalue weighted by Gasteiger charge is 2.28. The summed E-state index contributed by atoms with van der Waals surface area (Å²) in [5.41, 5.74) is 0.951. The maximum absolute atomic E-state index is 12.3. The first-order valence-electron chi connectivity index (χ1n) is 9.04. The van der Waals surface area contributed by atoms with Crippen LogP contribution in [0, 0.1) is 5.92 Å². The van der Waals surface area contributed by atoms with Gasteiger partial charge in [0.25, 0.3) is 5.91 Å². The third-order valence-corrected chi connectivity index (χ3v) is 5.17. The van der Waals surface area contributed by atoms with Gasteiger partial charge in [-0.05, 0) is 37.3 Å². The fourth-order valence-electron chi connectivity index (χ4n) is 3.60. The summed E-state index contributed by atoms with van der Waals surface area (Å²) < 4.78 is 0. The molecule has 3 rings (SSSR count). The zero-order valence-corrected chi connectivity index (χ0v) is 14.5. The van der Waals surface area contributed by atoms with Crippen LogP contribution in [0.2, 0.25) is 0 Å². The largest absolute Gasteiger partial charge is 0.353 e. The van der Waals surface area contributed by atoms with Gasteiger partial charge in [-0.2, -0.15) is 0 Å². The summed E-state index contributed by atoms with van der Waals surface area (Å²) in [7, 11) is 0. The average Bonchev–Trinajstić information content (AvgIpc) is 2.72. The van der Waals surface area contributed by atoms with E-state index in [0.29, 0.717) is 23.6 Å². The number of hydrogen-bond acceptors (Lipinski definition) is 3. The Morgan fingerprint density at radius 3 is 2.76 bits per heavy atom. The predicted octanol–water partition coefficient (Wildman–Crippen LogP) is 2.21. The van der Waals surface area contributed by atoms with E-state index in [2.05, 4.69) is 22.9 Å². The van der Waals surface area contributed by atoms with E-state index in [-0.39, 0.29) is 30.2 Å². The first kappa shape index (κ1) is 17.5. The molecule has 0 spiro atoms. The molecular formula is C19H25N3O3. The zero-order chi connectivity index (χ0) is 17.8. The molecule has 0 bridgehead atoms. The minimum atomic E-state index is -0.700. The van der Waals surface area contributed by atoms with Crippen molar-refractivity contribution in [1.29, 1.82) is 0 Å². The lowest BCUT2D eigenvalue weighted by Crippen LogP contribution is -2.44. The highest BCUT2D eigenvalue weighted by atomic mass is 16.2. The second kappa shape index (κ2) is 7.68. The Bertz CT molecular complexity index is 674. The molecule has 1 fully saturated rings. The van der Waals surface area contributed by atoms with Crippen LogP contribution >= 0.6 is 0 Å². The first-order valence-corrected chi connectivity index (χ1v) is 9.04. The number of carbonyl (C=O) groups is 3. The average molecular weight is 343 g/mol. The summed E-state index contributed by atoms with van der Waals surface area (Å²) in [5.74, 6) is -0.131. The molecule has 6 nitrogen and oxygen atoms in total. The highest BCUT2D eigenvalue weighted by molar-refractivity contribution is 6.09. The molecule has 3 N–H and O–H groups in total. The molecule has 0 saturated heterocycles. The molecule has 3 atom stereocenters. The molecule has 1 aliphatic heterocycles. The first-order chi connectivity index (χ1) is 12.0. The molecule has 6 heteroatoms. The molecule has 0 radical (unpaired) electrons. The number of anilines is 1. The molecule has 3 unspecified atom stereocenters. The van der Waals surface area contributed by atoms with Gasteiger partial charge in [0, 0.05) is 12.5 Å². The SMILES string of the molecule is CC1CCCCC1NC(=O)CCC1NC(=O)c2ccccc2NC1=O. The summed E-state index contributed by atoms with van der Waals surface area (Å²) in [4.78, 5) is 36.8. The van der Waals surface area contributed by atoms with Crippen molar-refractivity contribution in [3.8, 4) is 0 Å². The van der Waals surface area contributed by atoms with Gasteiger partial charge in [0.05, 0.1) is 11.3 Å². The number of fused-ring (bicyclic) bond motifs is 1. The quantitative estimate of drug-likeness (QED) is 0.783. The van der Waals surface area contributed by atoms with E-state index < -0.39 is 6.04 Å². The number of hydrogen-bond donors (Lipinski definition) is 3. The second-order valence-electron chi connectivity index (χ2n) is 7.04. The van der Waals surface area contributed by atoms with Gasteiger partial charge in [0.2, 0.25) is 11.8 Å². The molecule has 1 aliphatic carbocycles. The third kappa shape index (κ3) is 4.18. The Kier molecular flexibility index (Phi) is 5.36. The lowest BCUT2D eigenvalue weighted by molar-refractivity contribution is -0.123. The smallest absolute Gasteiger partial charge is 0.254 e. The van der Waals surface area contributed by atoms with Crippen molar-refractivity contribution in [1.82, 2.24) is 10.6 Å². The van der Waals surface area contributed by atoms with Crippen LogP contribution in [-0.4, -0.2) is 29.8 Å². The van der Waals surface area contributed by atoms with E-state index in [1.165, 1.54) is 6.42 Å². The van der Waals surface area contributed by atoms with Gasteiger partial charge < -0.3 is 16.0 Å². The van der Waals surface area contributed by atoms with Crippen molar-refractivity contribution in [2.45, 2.75) is 57.5 Å². The van der Waals surface area contributed by atoms with Crippen molar-refractivity contribution in [3.05, 3.63) is 29.8 Å². The summed E-state index contributed by atoms with van der Waals surface area (Å²) >= 11 is 0. The van der Waals surface area contributed by atoms with Crippen molar-refractivity contribution in [3.63, 3.8) is 0 Å². The fourth-order valence-corrected chi connectivity index (χ4v) is 3.60. The zero-order valence-electron chi connectivity index (χ0n) is 14.5. The van der Waals surface area contributed by atoms with Crippen LogP contribution in [0.15, 0.2) is 24.3 Å². The van der Waals surface area contributed by atoms with Gasteiger partial charge in [-0.1, -0.05) is 31.9 Å². The van der Waals surface area contributed by atoms with Gasteiger partial charge in [-0.15, -0.1) is 0 Å². The van der Waals surface area contributed by atoms with Crippen molar-refractivity contribution in [2.24, 2.45) is 5.92 Å². The third-order valence-electron chi connectivity index (χ3n) is 5.17. The van der Waals surface area contributed by atoms with Crippen LogP contribution in [-0.2, 0) is 9.59 Å². The van der Waals surface area contributed by atoms with Gasteiger partial charge in [-0.25, -0.2) is 0 Å². The molecule has 1 aromatic carbocycles. The monoisotopic (exact) mass is 343 g/mol. The van der Waals surface area contributed by atoms with Gasteiger partial charge >= 0.3 is 0 Å². The lowest BCUT2D eigenvalue weighted by Gasteiger charge is -2.29. The number of carbonyl (C=O) groups excluding carboxylic acids is 3. The summed E-state index contributed by atoms with van der Waals surface area (Å²) in [5, 5.41) is 8.57. The van der Waals surface area contributed by atoms with Crippen LogP contribution in [0.3, 0.4) is 0 Å². The molecule has 1 heterocycles. The Morgan fingerprint density at radius 2 is 1.96 bits per heavy atom. The predicted molar refractivity (Wildman–Crippen MR) is 95.1 cm³/mol. The minimum Gasteiger partial charge on any atom is -0.353 e. The molecule has 134 valence electrons. The van der Waals surface area contributed by atoms with Crippen LogP contribution in [0.25, 0.3) is 0 Å². The maximum Gasteiger partial charge on any atom is 0.254 e. The highest BCUT2D eigenvalue weighted by Crippen LogP contribution is 2.24. The fraction of sp³-hybridized carbons (Fsp3) is 0.526. The van der Waals surface area contributed by atoms with Crippen LogP contribution in [0.5, 0.6) is 0 Å². The Hall–Kier alpha value is -2.37. The van der Waals surface area contributed by atoms with E-state index in [1.807, 2.05) is 0 Å². The number of nitrogens with one attached hydrogen (secondary N) is 3. The Labute approximate surface area is 147 Å². The van der Waals surface area contributed by atoms with Crippen molar-refractivity contribution < 1.29 is 14.4 Å². The number of benzene rings is 1. The van der Waals surface area contributed by atoms with E-state index in [1.54, 1.807) is 24.3 Å². The Morgan fingerprint density at radius 1 is 1.20 bits per heavy atom. The lowest BCUT2D eigenvalue weighted by atomic mass is 9.86. The Balaban J connectivity index is 1.55. The van der Waals surface area contributed by atoms with Crippen LogP contribution < -0.4 is 16.0 Å². The van der Waals surface area contributed by atoms with E-state index in [0.717, 1.165) is 19.3 Å². The minimum absolute atomic E-state index is 0.0532. The molecule has 3 amide bonds. The summed E-state index contributed by atoms with van der Waals surface area (Å²) in [6.45, 7) is 2.17. The van der Waals surface area contributed by atoms with Crippen molar-refractivity contribution >= 4 is 23.4 Å². The number of para-hydroxylation sites is 1. The van der Waals surface area contributed by atoms with E-state index >= 15 is 0 Å². The molecule has 1 saturated carbocycles. The van der Waals surface area contributed by atoms with Crippen molar-refractivity contribution in [2.75, 3.05) is 5.32 Å². The molecule has 2 aliphatic rings. The van der Waals surface area contributed by atoms with Crippen LogP contribution in [0.1, 0.15) is 55.8 Å². The normalized spacial score (nSPS) is 26.0. The van der Waals surface area contributed by atoms with Gasteiger partial charge in [0.1, 0.15) is 6.04 Å². The number of amides is 3. The molecule has 0 aromatic heterocycles. The number of rotatable bonds is 4. The second-order valence-corrected chi connectivity index (χ2v) is 7.04. The molecule has 25 heavy (non-hydrogen) atoms. The summed E-state index contributed by atoms with van der Waals surface area (Å²) in [6, 6.07) is 6.42. The maximum atomic E-state index is 12.3. The topological polar surface area (TPSA) is 87.3 Å². The van der Waals surface area contributed by atoms with E-state index in [9.17, 15) is 14.4 Å². The van der Waals surface area contributed by atoms with Gasteiger partial charge in [-0.3, -0.25) is 14.4 Å².